The second-order valence-electron chi connectivity index (χ2n) is 7.11. The zero-order chi connectivity index (χ0) is 19.0. The molecule has 27 heavy (non-hydrogen) atoms. The second kappa shape index (κ2) is 7.12. The molecule has 1 aliphatic rings. The van der Waals surface area contributed by atoms with Crippen molar-refractivity contribution in [2.45, 2.75) is 32.9 Å². The van der Waals surface area contributed by atoms with E-state index in [0.717, 1.165) is 59.1 Å². The third-order valence-corrected chi connectivity index (χ3v) is 5.00. The van der Waals surface area contributed by atoms with E-state index < -0.39 is 0 Å². The molecule has 0 amide bonds. The minimum absolute atomic E-state index is 0.0995. The Bertz CT molecular complexity index is 989. The van der Waals surface area contributed by atoms with Crippen LogP contribution in [-0.2, 0) is 13.0 Å². The van der Waals surface area contributed by atoms with Crippen molar-refractivity contribution in [1.82, 2.24) is 19.9 Å². The minimum Gasteiger partial charge on any atom is -0.494 e. The van der Waals surface area contributed by atoms with Gasteiger partial charge in [0.15, 0.2) is 0 Å². The number of benzene rings is 1. The zero-order valence-corrected chi connectivity index (χ0v) is 16.2. The molecule has 1 atom stereocenters. The van der Waals surface area contributed by atoms with Crippen LogP contribution in [0, 0.1) is 13.8 Å². The largest absolute Gasteiger partial charge is 0.494 e. The monoisotopic (exact) mass is 364 g/mol. The maximum absolute atomic E-state index is 6.08. The molecular formula is C21H24N4O2. The van der Waals surface area contributed by atoms with Crippen molar-refractivity contribution in [3.05, 3.63) is 53.1 Å². The van der Waals surface area contributed by atoms with E-state index >= 15 is 0 Å². The molecule has 0 spiro atoms. The van der Waals surface area contributed by atoms with Gasteiger partial charge in [-0.25, -0.2) is 4.98 Å². The Morgan fingerprint density at radius 2 is 2.07 bits per heavy atom. The van der Waals surface area contributed by atoms with E-state index in [2.05, 4.69) is 39.0 Å². The van der Waals surface area contributed by atoms with Crippen LogP contribution in [-0.4, -0.2) is 46.7 Å². The number of nitrogens with zero attached hydrogens (tertiary/aromatic N) is 4. The Kier molecular flexibility index (Phi) is 4.66. The van der Waals surface area contributed by atoms with E-state index in [1.807, 2.05) is 26.0 Å². The highest BCUT2D eigenvalue weighted by atomic mass is 16.5. The maximum Gasteiger partial charge on any atom is 0.220 e. The first-order valence-electron chi connectivity index (χ1n) is 9.15. The van der Waals surface area contributed by atoms with Crippen LogP contribution in [0.1, 0.15) is 22.6 Å². The summed E-state index contributed by atoms with van der Waals surface area (Å²) in [5.74, 6) is 2.31. The zero-order valence-electron chi connectivity index (χ0n) is 16.2. The van der Waals surface area contributed by atoms with Crippen molar-refractivity contribution in [2.24, 2.45) is 0 Å². The Labute approximate surface area is 159 Å². The summed E-state index contributed by atoms with van der Waals surface area (Å²) in [4.78, 5) is 15.7. The van der Waals surface area contributed by atoms with E-state index in [0.29, 0.717) is 0 Å². The average Bonchev–Trinajstić information content (AvgIpc) is 3.04. The lowest BCUT2D eigenvalue weighted by Crippen LogP contribution is -2.31. The van der Waals surface area contributed by atoms with E-state index in [1.54, 1.807) is 13.3 Å². The van der Waals surface area contributed by atoms with Crippen LogP contribution in [0.25, 0.3) is 10.9 Å². The van der Waals surface area contributed by atoms with Gasteiger partial charge in [-0.2, -0.15) is 4.98 Å². The third kappa shape index (κ3) is 3.45. The number of aryl methyl sites for hydroxylation is 2. The molecule has 0 unspecified atom stereocenters. The molecule has 3 heterocycles. The van der Waals surface area contributed by atoms with Crippen LogP contribution < -0.4 is 9.47 Å². The summed E-state index contributed by atoms with van der Waals surface area (Å²) in [6.45, 7) is 5.56. The molecule has 3 aromatic rings. The van der Waals surface area contributed by atoms with Crippen LogP contribution >= 0.6 is 0 Å². The van der Waals surface area contributed by atoms with Crippen molar-refractivity contribution >= 4 is 10.9 Å². The first-order chi connectivity index (χ1) is 13.0. The molecule has 0 saturated heterocycles. The molecule has 0 radical (unpaired) electrons. The highest BCUT2D eigenvalue weighted by molar-refractivity contribution is 5.87. The molecule has 4 rings (SSSR count). The number of methoxy groups -OCH3 is 1. The Morgan fingerprint density at radius 1 is 1.22 bits per heavy atom. The van der Waals surface area contributed by atoms with Crippen molar-refractivity contribution in [1.29, 1.82) is 0 Å². The van der Waals surface area contributed by atoms with Crippen LogP contribution in [0.4, 0.5) is 0 Å². The number of rotatable bonds is 5. The molecule has 1 aliphatic heterocycles. The molecule has 0 aliphatic carbocycles. The number of hydrogen-bond donors (Lipinski definition) is 0. The van der Waals surface area contributed by atoms with E-state index in [4.69, 9.17) is 9.47 Å². The molecule has 6 nitrogen and oxygen atoms in total. The fraction of sp³-hybridized carbons (Fsp3) is 0.381. The summed E-state index contributed by atoms with van der Waals surface area (Å²) < 4.78 is 11.5. The predicted octanol–water partition coefficient (Wildman–Crippen LogP) is 3.09. The highest BCUT2D eigenvalue weighted by Gasteiger charge is 2.27. The van der Waals surface area contributed by atoms with Crippen molar-refractivity contribution < 1.29 is 9.47 Å². The van der Waals surface area contributed by atoms with E-state index in [9.17, 15) is 0 Å². The molecule has 6 heteroatoms. The van der Waals surface area contributed by atoms with Crippen LogP contribution in [0.3, 0.4) is 0 Å². The molecule has 0 fully saturated rings. The predicted molar refractivity (Wildman–Crippen MR) is 104 cm³/mol. The number of likely N-dealkylation sites (N-methyl/N-ethyl adjacent to an activating group) is 1. The normalized spacial score (nSPS) is 15.8. The van der Waals surface area contributed by atoms with Gasteiger partial charge >= 0.3 is 0 Å². The van der Waals surface area contributed by atoms with E-state index in [1.165, 1.54) is 5.56 Å². The SMILES string of the molecule is COc1ccc(CN(C)C[C@H]2Cc3c(C)nc(C)nc3O2)c2cccnc12. The van der Waals surface area contributed by atoms with Gasteiger partial charge in [0.2, 0.25) is 5.88 Å². The quantitative estimate of drug-likeness (QED) is 0.693. The van der Waals surface area contributed by atoms with Gasteiger partial charge in [0, 0.05) is 42.4 Å². The molecule has 0 N–H and O–H groups in total. The topological polar surface area (TPSA) is 60.4 Å². The van der Waals surface area contributed by atoms with Crippen molar-refractivity contribution in [3.8, 4) is 11.6 Å². The molecule has 2 aromatic heterocycles. The summed E-state index contributed by atoms with van der Waals surface area (Å²) in [6, 6.07) is 8.16. The molecule has 140 valence electrons. The van der Waals surface area contributed by atoms with Crippen LogP contribution in [0.5, 0.6) is 11.6 Å². The number of aromatic nitrogens is 3. The molecule has 0 saturated carbocycles. The van der Waals surface area contributed by atoms with Crippen LogP contribution in [0.15, 0.2) is 30.5 Å². The van der Waals surface area contributed by atoms with Crippen molar-refractivity contribution in [3.63, 3.8) is 0 Å². The smallest absolute Gasteiger partial charge is 0.220 e. The summed E-state index contributed by atoms with van der Waals surface area (Å²) in [5.41, 5.74) is 4.29. The second-order valence-corrected chi connectivity index (χ2v) is 7.11. The minimum atomic E-state index is 0.0995. The lowest BCUT2D eigenvalue weighted by atomic mass is 10.1. The Hall–Kier alpha value is -2.73. The summed E-state index contributed by atoms with van der Waals surface area (Å²) in [6.07, 6.45) is 2.76. The summed E-state index contributed by atoms with van der Waals surface area (Å²) >= 11 is 0. The van der Waals surface area contributed by atoms with Crippen LogP contribution in [0.2, 0.25) is 0 Å². The lowest BCUT2D eigenvalue weighted by Gasteiger charge is -2.21. The van der Waals surface area contributed by atoms with Gasteiger partial charge in [-0.15, -0.1) is 0 Å². The van der Waals surface area contributed by atoms with Gasteiger partial charge in [0.05, 0.1) is 7.11 Å². The molecule has 0 bridgehead atoms. The number of fused-ring (bicyclic) bond motifs is 2. The van der Waals surface area contributed by atoms with Gasteiger partial charge in [-0.3, -0.25) is 9.88 Å². The lowest BCUT2D eigenvalue weighted by molar-refractivity contribution is 0.161. The average molecular weight is 364 g/mol. The van der Waals surface area contributed by atoms with Gasteiger partial charge in [-0.05, 0) is 38.6 Å². The third-order valence-electron chi connectivity index (χ3n) is 5.00. The van der Waals surface area contributed by atoms with Gasteiger partial charge in [0.25, 0.3) is 0 Å². The van der Waals surface area contributed by atoms with Crippen molar-refractivity contribution in [2.75, 3.05) is 20.7 Å². The highest BCUT2D eigenvalue weighted by Crippen LogP contribution is 2.30. The Morgan fingerprint density at radius 3 is 2.89 bits per heavy atom. The fourth-order valence-electron chi connectivity index (χ4n) is 3.78. The number of hydrogen-bond acceptors (Lipinski definition) is 6. The number of ether oxygens (including phenoxy) is 2. The maximum atomic E-state index is 6.08. The standard InChI is InChI=1S/C21H24N4O2/c1-13-18-10-16(27-21(18)24-14(2)23-13)12-25(3)11-15-7-8-19(26-4)20-17(15)6-5-9-22-20/h5-9,16H,10-12H2,1-4H3/t16-/m1/s1. The number of pyridine rings is 1. The first-order valence-corrected chi connectivity index (χ1v) is 9.15. The summed E-state index contributed by atoms with van der Waals surface area (Å²) in [5, 5.41) is 1.12. The van der Waals surface area contributed by atoms with Gasteiger partial charge in [0.1, 0.15) is 23.2 Å². The van der Waals surface area contributed by atoms with Gasteiger partial charge in [-0.1, -0.05) is 12.1 Å². The summed E-state index contributed by atoms with van der Waals surface area (Å²) in [7, 11) is 3.79. The Balaban J connectivity index is 1.49. The molecule has 1 aromatic carbocycles. The fourth-order valence-corrected chi connectivity index (χ4v) is 3.78. The first kappa shape index (κ1) is 17.7. The molecular weight excluding hydrogens is 340 g/mol. The van der Waals surface area contributed by atoms with E-state index in [-0.39, 0.29) is 6.10 Å². The van der Waals surface area contributed by atoms with Gasteiger partial charge < -0.3 is 9.47 Å².